The number of hydrogen-bond donors (Lipinski definition) is 2. The van der Waals surface area contributed by atoms with E-state index >= 15 is 0 Å². The van der Waals surface area contributed by atoms with Crippen LogP contribution in [0.15, 0.2) is 53.4 Å². The molecule has 0 radical (unpaired) electrons. The van der Waals surface area contributed by atoms with Gasteiger partial charge in [0, 0.05) is 22.9 Å². The van der Waals surface area contributed by atoms with Gasteiger partial charge in [-0.25, -0.2) is 0 Å². The minimum atomic E-state index is 0.673. The number of anilines is 1. The summed E-state index contributed by atoms with van der Waals surface area (Å²) in [4.78, 5) is 1.28. The normalized spacial score (nSPS) is 10.2. The molecule has 2 rings (SSSR count). The zero-order valence-corrected chi connectivity index (χ0v) is 14.0. The Balaban J connectivity index is 1.71. The van der Waals surface area contributed by atoms with Crippen LogP contribution in [0.1, 0.15) is 11.1 Å². The first-order valence-electron chi connectivity index (χ1n) is 6.95. The summed E-state index contributed by atoms with van der Waals surface area (Å²) in [6.07, 6.45) is 0. The quantitative estimate of drug-likeness (QED) is 0.485. The molecule has 0 aliphatic heterocycles. The number of aryl methyl sites for hydroxylation is 2. The highest BCUT2D eigenvalue weighted by Gasteiger charge is 1.99. The molecule has 110 valence electrons. The average molecular weight is 316 g/mol. The van der Waals surface area contributed by atoms with E-state index in [0.717, 1.165) is 18.0 Å². The lowest BCUT2D eigenvalue weighted by atomic mass is 10.1. The minimum absolute atomic E-state index is 0.673. The van der Waals surface area contributed by atoms with Crippen molar-refractivity contribution in [3.63, 3.8) is 0 Å². The van der Waals surface area contributed by atoms with Crippen LogP contribution in [0.4, 0.5) is 5.69 Å². The fourth-order valence-corrected chi connectivity index (χ4v) is 2.85. The van der Waals surface area contributed by atoms with Gasteiger partial charge in [-0.1, -0.05) is 24.3 Å². The summed E-state index contributed by atoms with van der Waals surface area (Å²) in [5.41, 5.74) is 3.59. The molecular weight excluding hydrogens is 296 g/mol. The fraction of sp³-hybridized carbons (Fsp3) is 0.235. The first kappa shape index (κ1) is 15.9. The van der Waals surface area contributed by atoms with Crippen molar-refractivity contribution in [3.05, 3.63) is 59.7 Å². The van der Waals surface area contributed by atoms with Gasteiger partial charge < -0.3 is 10.6 Å². The Bertz CT molecular complexity index is 597. The molecule has 21 heavy (non-hydrogen) atoms. The Hall–Kier alpha value is -1.52. The lowest BCUT2D eigenvalue weighted by Gasteiger charge is -2.11. The molecule has 0 bridgehead atoms. The highest BCUT2D eigenvalue weighted by molar-refractivity contribution is 7.99. The van der Waals surface area contributed by atoms with Crippen LogP contribution in [0.3, 0.4) is 0 Å². The molecule has 2 nitrogen and oxygen atoms in total. The molecule has 0 unspecified atom stereocenters. The van der Waals surface area contributed by atoms with Crippen molar-refractivity contribution in [2.24, 2.45) is 0 Å². The molecule has 0 saturated heterocycles. The van der Waals surface area contributed by atoms with E-state index < -0.39 is 0 Å². The van der Waals surface area contributed by atoms with E-state index in [0.29, 0.717) is 5.11 Å². The summed E-state index contributed by atoms with van der Waals surface area (Å²) < 4.78 is 0. The van der Waals surface area contributed by atoms with E-state index in [-0.39, 0.29) is 0 Å². The predicted octanol–water partition coefficient (Wildman–Crippen LogP) is 4.38. The van der Waals surface area contributed by atoms with E-state index in [1.54, 1.807) is 0 Å². The number of rotatable bonds is 5. The molecule has 0 aliphatic rings. The highest BCUT2D eigenvalue weighted by Crippen LogP contribution is 2.16. The third-order valence-electron chi connectivity index (χ3n) is 3.16. The van der Waals surface area contributed by atoms with Gasteiger partial charge in [-0.05, 0) is 61.5 Å². The number of thiocarbonyl (C=S) groups is 1. The summed E-state index contributed by atoms with van der Waals surface area (Å²) in [6, 6.07) is 16.7. The van der Waals surface area contributed by atoms with Gasteiger partial charge in [0.2, 0.25) is 0 Å². The standard InChI is InChI=1S/C17H20N2S2/c1-13-8-9-15(12-14(13)2)19-17(20)18-10-11-21-16-6-4-3-5-7-16/h3-9,12H,10-11H2,1-2H3,(H2,18,19,20). The topological polar surface area (TPSA) is 24.1 Å². The van der Waals surface area contributed by atoms with E-state index in [4.69, 9.17) is 12.2 Å². The molecule has 2 aromatic rings. The lowest BCUT2D eigenvalue weighted by molar-refractivity contribution is 0.990. The number of nitrogens with one attached hydrogen (secondary N) is 2. The first-order valence-corrected chi connectivity index (χ1v) is 8.34. The zero-order valence-electron chi connectivity index (χ0n) is 12.3. The van der Waals surface area contributed by atoms with Gasteiger partial charge in [-0.15, -0.1) is 11.8 Å². The number of hydrogen-bond acceptors (Lipinski definition) is 2. The summed E-state index contributed by atoms with van der Waals surface area (Å²) in [6.45, 7) is 5.06. The minimum Gasteiger partial charge on any atom is -0.362 e. The van der Waals surface area contributed by atoms with Crippen molar-refractivity contribution in [2.75, 3.05) is 17.6 Å². The van der Waals surface area contributed by atoms with Crippen LogP contribution in [0, 0.1) is 13.8 Å². The maximum absolute atomic E-state index is 5.31. The van der Waals surface area contributed by atoms with Crippen LogP contribution in [-0.2, 0) is 0 Å². The van der Waals surface area contributed by atoms with Crippen LogP contribution in [0.5, 0.6) is 0 Å². The lowest BCUT2D eigenvalue weighted by Crippen LogP contribution is -2.30. The second-order valence-corrected chi connectivity index (χ2v) is 6.42. The molecule has 0 saturated carbocycles. The van der Waals surface area contributed by atoms with Crippen molar-refractivity contribution < 1.29 is 0 Å². The van der Waals surface area contributed by atoms with Crippen LogP contribution in [-0.4, -0.2) is 17.4 Å². The predicted molar refractivity (Wildman–Crippen MR) is 97.3 cm³/mol. The largest absolute Gasteiger partial charge is 0.362 e. The Labute approximate surface area is 136 Å². The van der Waals surface area contributed by atoms with Gasteiger partial charge in [-0.2, -0.15) is 0 Å². The van der Waals surface area contributed by atoms with Crippen LogP contribution in [0.25, 0.3) is 0 Å². The van der Waals surface area contributed by atoms with Crippen molar-refractivity contribution in [2.45, 2.75) is 18.7 Å². The van der Waals surface area contributed by atoms with Gasteiger partial charge >= 0.3 is 0 Å². The summed E-state index contributed by atoms with van der Waals surface area (Å²) in [5.74, 6) is 0.985. The van der Waals surface area contributed by atoms with E-state index in [9.17, 15) is 0 Å². The molecule has 0 spiro atoms. The van der Waals surface area contributed by atoms with Crippen LogP contribution in [0.2, 0.25) is 0 Å². The third kappa shape index (κ3) is 5.40. The van der Waals surface area contributed by atoms with Crippen molar-refractivity contribution >= 4 is 34.8 Å². The summed E-state index contributed by atoms with van der Waals surface area (Å²) in [5, 5.41) is 7.13. The van der Waals surface area contributed by atoms with Crippen molar-refractivity contribution in [1.82, 2.24) is 5.32 Å². The number of benzene rings is 2. The molecule has 0 amide bonds. The Morgan fingerprint density at radius 1 is 1.05 bits per heavy atom. The summed E-state index contributed by atoms with van der Waals surface area (Å²) in [7, 11) is 0. The molecular formula is C17H20N2S2. The zero-order chi connectivity index (χ0) is 15.1. The summed E-state index contributed by atoms with van der Waals surface area (Å²) >= 11 is 7.13. The van der Waals surface area contributed by atoms with E-state index in [1.807, 2.05) is 17.8 Å². The monoisotopic (exact) mass is 316 g/mol. The Morgan fingerprint density at radius 3 is 2.52 bits per heavy atom. The molecule has 0 heterocycles. The molecule has 0 fully saturated rings. The maximum Gasteiger partial charge on any atom is 0.170 e. The van der Waals surface area contributed by atoms with Crippen molar-refractivity contribution in [1.29, 1.82) is 0 Å². The smallest absolute Gasteiger partial charge is 0.170 e. The van der Waals surface area contributed by atoms with Gasteiger partial charge in [0.15, 0.2) is 5.11 Å². The molecule has 0 atom stereocenters. The molecule has 2 N–H and O–H groups in total. The van der Waals surface area contributed by atoms with Crippen LogP contribution >= 0.6 is 24.0 Å². The second-order valence-electron chi connectivity index (χ2n) is 4.84. The highest BCUT2D eigenvalue weighted by atomic mass is 32.2. The van der Waals surface area contributed by atoms with Gasteiger partial charge in [0.1, 0.15) is 0 Å². The van der Waals surface area contributed by atoms with Gasteiger partial charge in [0.25, 0.3) is 0 Å². The van der Waals surface area contributed by atoms with E-state index in [1.165, 1.54) is 16.0 Å². The maximum atomic E-state index is 5.31. The van der Waals surface area contributed by atoms with Crippen LogP contribution < -0.4 is 10.6 Å². The van der Waals surface area contributed by atoms with E-state index in [2.05, 4.69) is 66.9 Å². The number of thioether (sulfide) groups is 1. The molecule has 4 heteroatoms. The average Bonchev–Trinajstić information content (AvgIpc) is 2.49. The molecule has 0 aromatic heterocycles. The SMILES string of the molecule is Cc1ccc(NC(=S)NCCSc2ccccc2)cc1C. The second kappa shape index (κ2) is 8.05. The fourth-order valence-electron chi connectivity index (χ4n) is 1.84. The third-order valence-corrected chi connectivity index (χ3v) is 4.42. The van der Waals surface area contributed by atoms with Gasteiger partial charge in [-0.3, -0.25) is 0 Å². The van der Waals surface area contributed by atoms with Crippen molar-refractivity contribution in [3.8, 4) is 0 Å². The Kier molecular flexibility index (Phi) is 6.08. The molecule has 2 aromatic carbocycles. The first-order chi connectivity index (χ1) is 10.1. The molecule has 0 aliphatic carbocycles. The Morgan fingerprint density at radius 2 is 1.81 bits per heavy atom. The van der Waals surface area contributed by atoms with Gasteiger partial charge in [0.05, 0.1) is 0 Å².